The van der Waals surface area contributed by atoms with Crippen LogP contribution in [0.3, 0.4) is 0 Å². The maximum Gasteiger partial charge on any atom is 0.421 e. The minimum Gasteiger partial charge on any atom is -0.475 e. The van der Waals surface area contributed by atoms with E-state index in [1.807, 2.05) is 13.8 Å². The number of alkyl halides is 3. The normalized spacial score (nSPS) is 12.1. The number of nitrogens with zero attached hydrogens (tertiary/aromatic N) is 2. The average Bonchev–Trinajstić information content (AvgIpc) is 2.48. The van der Waals surface area contributed by atoms with Crippen molar-refractivity contribution in [2.75, 3.05) is 26.2 Å². The Bertz CT molecular complexity index is 477. The lowest BCUT2D eigenvalue weighted by Gasteiger charge is -2.14. The quantitative estimate of drug-likeness (QED) is 0.461. The lowest BCUT2D eigenvalue weighted by atomic mass is 10.2. The predicted octanol–water partition coefficient (Wildman–Crippen LogP) is 2.44. The highest BCUT2D eigenvalue weighted by atomic mass is 19.4. The van der Waals surface area contributed by atoms with Gasteiger partial charge in [-0.3, -0.25) is 4.99 Å². The SMILES string of the molecule is CCCN=C(NCC)NCCOc1ncccc1C(F)(F)F. The molecule has 0 radical (unpaired) electrons. The molecule has 0 fully saturated rings. The molecule has 0 saturated heterocycles. The standard InChI is InChI=1S/C14H21F3N4O/c1-3-7-20-13(18-4-2)21-9-10-22-12-11(14(15,16)17)6-5-8-19-12/h5-6,8H,3-4,7,9-10H2,1-2H3,(H2,18,20,21). The number of guanidine groups is 1. The first kappa shape index (κ1) is 18.1. The molecule has 0 spiro atoms. The van der Waals surface area contributed by atoms with Gasteiger partial charge in [-0.15, -0.1) is 0 Å². The number of hydrogen-bond donors (Lipinski definition) is 2. The maximum absolute atomic E-state index is 12.8. The van der Waals surface area contributed by atoms with Gasteiger partial charge in [-0.2, -0.15) is 13.2 Å². The van der Waals surface area contributed by atoms with Crippen LogP contribution in [0.2, 0.25) is 0 Å². The Kier molecular flexibility index (Phi) is 7.48. The zero-order valence-corrected chi connectivity index (χ0v) is 12.7. The molecule has 0 aliphatic carbocycles. The van der Waals surface area contributed by atoms with Gasteiger partial charge in [0.15, 0.2) is 5.96 Å². The molecule has 0 aromatic carbocycles. The van der Waals surface area contributed by atoms with Crippen molar-refractivity contribution in [2.24, 2.45) is 4.99 Å². The molecule has 1 heterocycles. The molecular weight excluding hydrogens is 297 g/mol. The third-order valence-corrected chi connectivity index (χ3v) is 2.55. The van der Waals surface area contributed by atoms with Gasteiger partial charge in [0.1, 0.15) is 12.2 Å². The fraction of sp³-hybridized carbons (Fsp3) is 0.571. The van der Waals surface area contributed by atoms with Crippen molar-refractivity contribution in [1.82, 2.24) is 15.6 Å². The molecule has 124 valence electrons. The summed E-state index contributed by atoms with van der Waals surface area (Å²) in [5.74, 6) is 0.206. The summed E-state index contributed by atoms with van der Waals surface area (Å²) in [5, 5.41) is 6.03. The van der Waals surface area contributed by atoms with Crippen molar-refractivity contribution in [1.29, 1.82) is 0 Å². The Balaban J connectivity index is 2.51. The second-order valence-corrected chi connectivity index (χ2v) is 4.39. The number of ether oxygens (including phenoxy) is 1. The molecule has 1 rings (SSSR count). The molecule has 0 saturated carbocycles. The van der Waals surface area contributed by atoms with Gasteiger partial charge in [0, 0.05) is 19.3 Å². The molecule has 8 heteroatoms. The van der Waals surface area contributed by atoms with Crippen molar-refractivity contribution in [2.45, 2.75) is 26.4 Å². The summed E-state index contributed by atoms with van der Waals surface area (Å²) in [5.41, 5.74) is -0.874. The van der Waals surface area contributed by atoms with Crippen LogP contribution in [0.1, 0.15) is 25.8 Å². The van der Waals surface area contributed by atoms with Crippen LogP contribution < -0.4 is 15.4 Å². The minimum atomic E-state index is -4.48. The zero-order valence-electron chi connectivity index (χ0n) is 12.7. The molecule has 0 atom stereocenters. The van der Waals surface area contributed by atoms with Crippen molar-refractivity contribution in [3.63, 3.8) is 0 Å². The molecule has 2 N–H and O–H groups in total. The summed E-state index contributed by atoms with van der Waals surface area (Å²) in [6.45, 7) is 5.70. The molecule has 22 heavy (non-hydrogen) atoms. The fourth-order valence-electron chi connectivity index (χ4n) is 1.60. The molecule has 0 bridgehead atoms. The summed E-state index contributed by atoms with van der Waals surface area (Å²) in [4.78, 5) is 7.91. The Morgan fingerprint density at radius 3 is 2.73 bits per heavy atom. The fourth-order valence-corrected chi connectivity index (χ4v) is 1.60. The number of nitrogens with one attached hydrogen (secondary N) is 2. The van der Waals surface area contributed by atoms with E-state index < -0.39 is 17.6 Å². The van der Waals surface area contributed by atoms with Crippen LogP contribution >= 0.6 is 0 Å². The largest absolute Gasteiger partial charge is 0.475 e. The number of rotatable bonds is 7. The molecule has 0 aliphatic heterocycles. The third-order valence-electron chi connectivity index (χ3n) is 2.55. The molecule has 0 aliphatic rings. The second kappa shape index (κ2) is 9.11. The first-order valence-electron chi connectivity index (χ1n) is 7.16. The summed E-state index contributed by atoms with van der Waals surface area (Å²) < 4.78 is 43.4. The Labute approximate surface area is 128 Å². The van der Waals surface area contributed by atoms with Gasteiger partial charge in [0.25, 0.3) is 0 Å². The third kappa shape index (κ3) is 6.19. The molecule has 0 amide bonds. The highest BCUT2D eigenvalue weighted by Crippen LogP contribution is 2.34. The van der Waals surface area contributed by atoms with Crippen molar-refractivity contribution in [3.8, 4) is 5.88 Å². The molecule has 5 nitrogen and oxygen atoms in total. The van der Waals surface area contributed by atoms with Gasteiger partial charge < -0.3 is 15.4 Å². The van der Waals surface area contributed by atoms with Crippen molar-refractivity contribution < 1.29 is 17.9 Å². The zero-order chi connectivity index (χ0) is 16.4. The second-order valence-electron chi connectivity index (χ2n) is 4.39. The van der Waals surface area contributed by atoms with E-state index in [1.54, 1.807) is 0 Å². The molecule has 0 unspecified atom stereocenters. The molecular formula is C14H21F3N4O. The maximum atomic E-state index is 12.8. The molecule has 1 aromatic rings. The van der Waals surface area contributed by atoms with E-state index in [9.17, 15) is 13.2 Å². The average molecular weight is 318 g/mol. The minimum absolute atomic E-state index is 0.0522. The summed E-state index contributed by atoms with van der Waals surface area (Å²) in [7, 11) is 0. The van der Waals surface area contributed by atoms with Gasteiger partial charge in [-0.25, -0.2) is 4.98 Å². The van der Waals surface area contributed by atoms with E-state index >= 15 is 0 Å². The summed E-state index contributed by atoms with van der Waals surface area (Å²) in [6, 6.07) is 2.18. The molecule has 1 aromatic heterocycles. The van der Waals surface area contributed by atoms with E-state index in [4.69, 9.17) is 4.74 Å². The van der Waals surface area contributed by atoms with E-state index in [-0.39, 0.29) is 6.61 Å². The topological polar surface area (TPSA) is 58.5 Å². The van der Waals surface area contributed by atoms with Crippen molar-refractivity contribution >= 4 is 5.96 Å². The van der Waals surface area contributed by atoms with Crippen LogP contribution in [0, 0.1) is 0 Å². The Morgan fingerprint density at radius 2 is 2.09 bits per heavy atom. The van der Waals surface area contributed by atoms with E-state index in [0.717, 1.165) is 12.5 Å². The van der Waals surface area contributed by atoms with E-state index in [2.05, 4.69) is 20.6 Å². The number of halogens is 3. The number of aromatic nitrogens is 1. The van der Waals surface area contributed by atoms with Crippen LogP contribution in [0.4, 0.5) is 13.2 Å². The van der Waals surface area contributed by atoms with Gasteiger partial charge in [-0.05, 0) is 25.5 Å². The Morgan fingerprint density at radius 1 is 1.32 bits per heavy atom. The Hall–Kier alpha value is -1.99. The predicted molar refractivity (Wildman–Crippen MR) is 79.0 cm³/mol. The number of hydrogen-bond acceptors (Lipinski definition) is 3. The van der Waals surface area contributed by atoms with Crippen LogP contribution in [0.5, 0.6) is 5.88 Å². The lowest BCUT2D eigenvalue weighted by Crippen LogP contribution is -2.39. The number of aliphatic imine (C=N–C) groups is 1. The summed E-state index contributed by atoms with van der Waals surface area (Å²) >= 11 is 0. The monoisotopic (exact) mass is 318 g/mol. The van der Waals surface area contributed by atoms with Gasteiger partial charge in [-0.1, -0.05) is 6.92 Å². The number of pyridine rings is 1. The van der Waals surface area contributed by atoms with Crippen LogP contribution in [-0.4, -0.2) is 37.2 Å². The van der Waals surface area contributed by atoms with Gasteiger partial charge in [0.05, 0.1) is 6.54 Å². The smallest absolute Gasteiger partial charge is 0.421 e. The van der Waals surface area contributed by atoms with Gasteiger partial charge in [0.2, 0.25) is 5.88 Å². The van der Waals surface area contributed by atoms with Crippen molar-refractivity contribution in [3.05, 3.63) is 23.9 Å². The lowest BCUT2D eigenvalue weighted by molar-refractivity contribution is -0.139. The first-order chi connectivity index (χ1) is 10.5. The summed E-state index contributed by atoms with van der Waals surface area (Å²) in [6.07, 6.45) is -2.30. The van der Waals surface area contributed by atoms with E-state index in [0.29, 0.717) is 25.6 Å². The van der Waals surface area contributed by atoms with E-state index in [1.165, 1.54) is 12.3 Å². The van der Waals surface area contributed by atoms with Crippen LogP contribution in [0.15, 0.2) is 23.3 Å². The van der Waals surface area contributed by atoms with Gasteiger partial charge >= 0.3 is 6.18 Å². The first-order valence-corrected chi connectivity index (χ1v) is 7.16. The van der Waals surface area contributed by atoms with Crippen LogP contribution in [0.25, 0.3) is 0 Å². The highest BCUT2D eigenvalue weighted by molar-refractivity contribution is 5.79. The van der Waals surface area contributed by atoms with Crippen LogP contribution in [-0.2, 0) is 6.18 Å². The highest BCUT2D eigenvalue weighted by Gasteiger charge is 2.34.